The number of carbonyl (C=O) groups is 1. The van der Waals surface area contributed by atoms with E-state index >= 15 is 0 Å². The Kier molecular flexibility index (Phi) is 6.84. The van der Waals surface area contributed by atoms with Gasteiger partial charge in [0, 0.05) is 34.5 Å². The maximum absolute atomic E-state index is 11.9. The molecule has 170 valence electrons. The first kappa shape index (κ1) is 22.4. The summed E-state index contributed by atoms with van der Waals surface area (Å²) in [4.78, 5) is 11.9. The van der Waals surface area contributed by atoms with Crippen molar-refractivity contribution in [3.8, 4) is 17.0 Å². The second-order valence-electron chi connectivity index (χ2n) is 8.39. The third kappa shape index (κ3) is 4.67. The molecular formula is C25H31N3O3S. The second-order valence-corrected chi connectivity index (χ2v) is 9.38. The fourth-order valence-corrected chi connectivity index (χ4v) is 4.29. The van der Waals surface area contributed by atoms with Crippen LogP contribution >= 0.6 is 11.8 Å². The summed E-state index contributed by atoms with van der Waals surface area (Å²) in [7, 11) is 0. The minimum atomic E-state index is -0.454. The number of nitrogens with one attached hydrogen (secondary N) is 1. The van der Waals surface area contributed by atoms with Gasteiger partial charge in [-0.2, -0.15) is 11.8 Å². The van der Waals surface area contributed by atoms with Crippen LogP contribution in [0, 0.1) is 0 Å². The molecule has 0 aliphatic heterocycles. The zero-order valence-corrected chi connectivity index (χ0v) is 19.7. The molecule has 1 heterocycles. The van der Waals surface area contributed by atoms with E-state index in [1.807, 2.05) is 44.2 Å². The lowest BCUT2D eigenvalue weighted by atomic mass is 9.92. The number of thioether (sulfide) groups is 1. The molecule has 7 heteroatoms. The standard InChI is InChI=1S/C25H31N3O3S/c1-16(2)31-25(29)27-18-9-7-17(8-10-18)24-23(26)21-12-11-20(30-13-14-32-3)15-22(21)28(24)19-5-4-6-19/h7-12,15-16,19H,4-6,13-14,26H2,1-3H3,(H,27,29). The van der Waals surface area contributed by atoms with Crippen LogP contribution in [0.1, 0.15) is 39.2 Å². The monoisotopic (exact) mass is 453 g/mol. The number of aromatic nitrogens is 1. The zero-order chi connectivity index (χ0) is 22.7. The Morgan fingerprint density at radius 2 is 1.97 bits per heavy atom. The van der Waals surface area contributed by atoms with Crippen molar-refractivity contribution in [1.29, 1.82) is 0 Å². The number of carbonyl (C=O) groups excluding carboxylic acids is 1. The SMILES string of the molecule is CSCCOc1ccc2c(N)c(-c3ccc(NC(=O)OC(C)C)cc3)n(C3CCC3)c2c1. The first-order valence-electron chi connectivity index (χ1n) is 11.1. The van der Waals surface area contributed by atoms with Gasteiger partial charge in [0.2, 0.25) is 0 Å². The Hall–Kier alpha value is -2.80. The number of anilines is 2. The van der Waals surface area contributed by atoms with Crippen LogP contribution in [0.25, 0.3) is 22.2 Å². The summed E-state index contributed by atoms with van der Waals surface area (Å²) in [5.41, 5.74) is 11.3. The van der Waals surface area contributed by atoms with E-state index in [0.29, 0.717) is 18.3 Å². The molecule has 3 aromatic rings. The predicted molar refractivity (Wildman–Crippen MR) is 134 cm³/mol. The van der Waals surface area contributed by atoms with Crippen molar-refractivity contribution in [2.24, 2.45) is 0 Å². The number of rotatable bonds is 8. The van der Waals surface area contributed by atoms with Gasteiger partial charge in [-0.15, -0.1) is 0 Å². The third-order valence-electron chi connectivity index (χ3n) is 5.76. The van der Waals surface area contributed by atoms with Crippen LogP contribution in [-0.2, 0) is 4.74 Å². The van der Waals surface area contributed by atoms with Crippen molar-refractivity contribution in [1.82, 2.24) is 4.57 Å². The zero-order valence-electron chi connectivity index (χ0n) is 18.9. The molecule has 1 aliphatic carbocycles. The van der Waals surface area contributed by atoms with Gasteiger partial charge in [0.1, 0.15) is 5.75 Å². The Labute approximate surface area is 193 Å². The lowest BCUT2D eigenvalue weighted by molar-refractivity contribution is 0.130. The highest BCUT2D eigenvalue weighted by Crippen LogP contribution is 2.44. The summed E-state index contributed by atoms with van der Waals surface area (Å²) in [6, 6.07) is 14.4. The number of hydrogen-bond acceptors (Lipinski definition) is 5. The molecule has 0 saturated heterocycles. The third-order valence-corrected chi connectivity index (χ3v) is 6.33. The lowest BCUT2D eigenvalue weighted by Crippen LogP contribution is -2.18. The molecule has 1 amide bonds. The van der Waals surface area contributed by atoms with Crippen LogP contribution in [0.5, 0.6) is 5.75 Å². The smallest absolute Gasteiger partial charge is 0.411 e. The van der Waals surface area contributed by atoms with Crippen molar-refractivity contribution < 1.29 is 14.3 Å². The number of hydrogen-bond donors (Lipinski definition) is 2. The Balaban J connectivity index is 1.68. The highest BCUT2D eigenvalue weighted by atomic mass is 32.2. The summed E-state index contributed by atoms with van der Waals surface area (Å²) in [6.45, 7) is 4.33. The molecule has 0 bridgehead atoms. The highest BCUT2D eigenvalue weighted by Gasteiger charge is 2.27. The fourth-order valence-electron chi connectivity index (χ4n) is 4.04. The fraction of sp³-hybridized carbons (Fsp3) is 0.400. The first-order chi connectivity index (χ1) is 15.5. The molecule has 6 nitrogen and oxygen atoms in total. The quantitative estimate of drug-likeness (QED) is 0.391. The van der Waals surface area contributed by atoms with E-state index in [-0.39, 0.29) is 6.10 Å². The van der Waals surface area contributed by atoms with E-state index in [1.54, 1.807) is 11.8 Å². The number of amides is 1. The Bertz CT molecular complexity index is 1090. The molecule has 0 unspecified atom stereocenters. The minimum absolute atomic E-state index is 0.165. The summed E-state index contributed by atoms with van der Waals surface area (Å²) in [5.74, 6) is 1.83. The van der Waals surface area contributed by atoms with Crippen molar-refractivity contribution in [3.63, 3.8) is 0 Å². The summed E-state index contributed by atoms with van der Waals surface area (Å²) in [5, 5.41) is 3.82. The summed E-state index contributed by atoms with van der Waals surface area (Å²) in [6.07, 6.45) is 4.99. The first-order valence-corrected chi connectivity index (χ1v) is 12.5. The predicted octanol–water partition coefficient (Wildman–Crippen LogP) is 6.31. The molecule has 3 N–H and O–H groups in total. The topological polar surface area (TPSA) is 78.5 Å². The molecular weight excluding hydrogens is 422 g/mol. The Morgan fingerprint density at radius 3 is 2.59 bits per heavy atom. The average molecular weight is 454 g/mol. The van der Waals surface area contributed by atoms with Crippen molar-refractivity contribution in [2.75, 3.05) is 29.7 Å². The molecule has 32 heavy (non-hydrogen) atoms. The molecule has 0 spiro atoms. The van der Waals surface area contributed by atoms with E-state index in [0.717, 1.165) is 52.2 Å². The summed E-state index contributed by atoms with van der Waals surface area (Å²) >= 11 is 1.77. The maximum Gasteiger partial charge on any atom is 0.411 e. The van der Waals surface area contributed by atoms with Gasteiger partial charge >= 0.3 is 6.09 Å². The normalized spacial score (nSPS) is 13.9. The van der Waals surface area contributed by atoms with Gasteiger partial charge < -0.3 is 19.8 Å². The van der Waals surface area contributed by atoms with Crippen LogP contribution in [-0.4, -0.2) is 35.4 Å². The van der Waals surface area contributed by atoms with Gasteiger partial charge in [0.05, 0.1) is 29.6 Å². The number of nitrogens with two attached hydrogens (primary N) is 1. The largest absolute Gasteiger partial charge is 0.493 e. The molecule has 1 aliphatic rings. The van der Waals surface area contributed by atoms with Gasteiger partial charge in [-0.3, -0.25) is 5.32 Å². The van der Waals surface area contributed by atoms with Gasteiger partial charge in [0.15, 0.2) is 0 Å². The van der Waals surface area contributed by atoms with Gasteiger partial charge in [0.25, 0.3) is 0 Å². The lowest BCUT2D eigenvalue weighted by Gasteiger charge is -2.30. The van der Waals surface area contributed by atoms with Crippen LogP contribution in [0.4, 0.5) is 16.2 Å². The Morgan fingerprint density at radius 1 is 1.22 bits per heavy atom. The molecule has 0 radical (unpaired) electrons. The number of nitrogens with zero attached hydrogens (tertiary/aromatic N) is 1. The number of nitrogen functional groups attached to an aromatic ring is 1. The van der Waals surface area contributed by atoms with Gasteiger partial charge in [-0.1, -0.05) is 12.1 Å². The van der Waals surface area contributed by atoms with E-state index in [1.165, 1.54) is 6.42 Å². The van der Waals surface area contributed by atoms with Crippen molar-refractivity contribution >= 4 is 40.1 Å². The van der Waals surface area contributed by atoms with Crippen LogP contribution in [0.15, 0.2) is 42.5 Å². The van der Waals surface area contributed by atoms with E-state index < -0.39 is 6.09 Å². The average Bonchev–Trinajstić information content (AvgIpc) is 2.99. The van der Waals surface area contributed by atoms with E-state index in [9.17, 15) is 4.79 Å². The number of benzene rings is 2. The van der Waals surface area contributed by atoms with E-state index in [2.05, 4.69) is 28.3 Å². The second kappa shape index (κ2) is 9.77. The van der Waals surface area contributed by atoms with Gasteiger partial charge in [-0.05, 0) is 63.6 Å². The summed E-state index contributed by atoms with van der Waals surface area (Å²) < 4.78 is 13.5. The van der Waals surface area contributed by atoms with Crippen LogP contribution in [0.2, 0.25) is 0 Å². The maximum atomic E-state index is 11.9. The molecule has 2 aromatic carbocycles. The molecule has 1 aromatic heterocycles. The minimum Gasteiger partial charge on any atom is -0.493 e. The highest BCUT2D eigenvalue weighted by molar-refractivity contribution is 7.98. The number of fused-ring (bicyclic) bond motifs is 1. The number of ether oxygens (including phenoxy) is 2. The molecule has 1 saturated carbocycles. The van der Waals surface area contributed by atoms with Crippen molar-refractivity contribution in [2.45, 2.75) is 45.3 Å². The van der Waals surface area contributed by atoms with Crippen LogP contribution in [0.3, 0.4) is 0 Å². The van der Waals surface area contributed by atoms with Crippen LogP contribution < -0.4 is 15.8 Å². The van der Waals surface area contributed by atoms with Gasteiger partial charge in [-0.25, -0.2) is 4.79 Å². The van der Waals surface area contributed by atoms with Crippen molar-refractivity contribution in [3.05, 3.63) is 42.5 Å². The molecule has 4 rings (SSSR count). The van der Waals surface area contributed by atoms with E-state index in [4.69, 9.17) is 15.2 Å². The molecule has 1 fully saturated rings. The molecule has 0 atom stereocenters.